The molecule has 0 aromatic heterocycles. The molecule has 0 amide bonds. The van der Waals surface area contributed by atoms with Crippen molar-refractivity contribution in [3.8, 4) is 22.3 Å². The molecule has 6 heteroatoms. The van der Waals surface area contributed by atoms with Crippen molar-refractivity contribution < 1.29 is 62.2 Å². The van der Waals surface area contributed by atoms with Gasteiger partial charge in [0.2, 0.25) is 0 Å². The summed E-state index contributed by atoms with van der Waals surface area (Å²) < 4.78 is 37.9. The predicted molar refractivity (Wildman–Crippen MR) is 200 cm³/mol. The molecular weight excluding hydrogens is 772 g/mol. The van der Waals surface area contributed by atoms with Gasteiger partial charge in [0.1, 0.15) is 0 Å². The number of allylic oxidation sites excluding steroid dienone is 4. The molecule has 3 aliphatic carbocycles. The minimum absolute atomic E-state index is 0. The second kappa shape index (κ2) is 15.7. The van der Waals surface area contributed by atoms with Crippen LogP contribution in [0.1, 0.15) is 97.2 Å². The van der Waals surface area contributed by atoms with Crippen LogP contribution in [-0.2, 0) is 47.7 Å². The summed E-state index contributed by atoms with van der Waals surface area (Å²) in [7, 11) is 0. The van der Waals surface area contributed by atoms with Crippen LogP contribution in [-0.4, -0.2) is 3.71 Å². The quantitative estimate of drug-likeness (QED) is 0.174. The summed E-state index contributed by atoms with van der Waals surface area (Å²) in [5.41, 5.74) is 20.2. The van der Waals surface area contributed by atoms with E-state index in [0.29, 0.717) is 0 Å². The fourth-order valence-electron chi connectivity index (χ4n) is 7.77. The van der Waals surface area contributed by atoms with E-state index in [0.717, 1.165) is 24.1 Å². The molecule has 0 heterocycles. The van der Waals surface area contributed by atoms with Crippen LogP contribution >= 0.6 is 0 Å². The van der Waals surface area contributed by atoms with E-state index in [4.69, 9.17) is 0 Å². The maximum atomic E-state index is 12.0. The summed E-state index contributed by atoms with van der Waals surface area (Å²) >= 11 is 1.18. The molecule has 0 spiro atoms. The second-order valence-corrected chi connectivity index (χ2v) is 15.7. The van der Waals surface area contributed by atoms with Crippen LogP contribution in [0.4, 0.5) is 13.2 Å². The molecule has 8 rings (SSSR count). The number of rotatable bonds is 2. The average molecular weight is 815 g/mol. The van der Waals surface area contributed by atoms with Gasteiger partial charge in [-0.3, -0.25) is 6.08 Å². The Balaban J connectivity index is 0.000000191. The Morgan fingerprint density at radius 3 is 1.83 bits per heavy atom. The van der Waals surface area contributed by atoms with Gasteiger partial charge >= 0.3 is 82.7 Å². The first-order valence-corrected chi connectivity index (χ1v) is 18.5. The van der Waals surface area contributed by atoms with Gasteiger partial charge < -0.3 is 24.8 Å². The van der Waals surface area contributed by atoms with Crippen LogP contribution in [0.2, 0.25) is 0 Å². The van der Waals surface area contributed by atoms with E-state index in [1.807, 2.05) is 3.71 Å². The fraction of sp³-hybridized carbons (Fsp3) is 0.261. The molecule has 0 aliphatic heterocycles. The van der Waals surface area contributed by atoms with Gasteiger partial charge in [0, 0.05) is 5.41 Å². The number of aryl methyl sites for hydroxylation is 2. The number of hydrogen-bond acceptors (Lipinski definition) is 0. The third-order valence-electron chi connectivity index (χ3n) is 10.2. The first-order chi connectivity index (χ1) is 23.5. The molecule has 0 atom stereocenters. The van der Waals surface area contributed by atoms with Crippen molar-refractivity contribution in [2.45, 2.75) is 78.8 Å². The Labute approximate surface area is 334 Å². The van der Waals surface area contributed by atoms with E-state index in [1.54, 1.807) is 0 Å². The van der Waals surface area contributed by atoms with Crippen LogP contribution in [0.25, 0.3) is 33.4 Å². The van der Waals surface area contributed by atoms with Gasteiger partial charge in [0.15, 0.2) is 0 Å². The van der Waals surface area contributed by atoms with Crippen molar-refractivity contribution in [1.29, 1.82) is 0 Å². The van der Waals surface area contributed by atoms with E-state index in [1.165, 1.54) is 114 Å². The molecular formula is C46H43Cl2F3Zr-2. The summed E-state index contributed by atoms with van der Waals surface area (Å²) in [5, 5.41) is 0. The summed E-state index contributed by atoms with van der Waals surface area (Å²) in [4.78, 5) is 0. The SMILES string of the molecule is CC1=[C-]C(C)(C)c2cc3c(cc21)-c1cc2c(cc1C3)C(C)(C)C=C2C.Cc1cc(-c2ccccc2)c(C)[cH-]1.FC(F)(F)c1ccc([CH]=[Zr+2])cc1.[Cl-].[Cl-]. The Morgan fingerprint density at radius 2 is 1.29 bits per heavy atom. The van der Waals surface area contributed by atoms with E-state index in [2.05, 4.69) is 134 Å². The van der Waals surface area contributed by atoms with Crippen LogP contribution in [0.3, 0.4) is 0 Å². The maximum Gasteiger partial charge on any atom is -1.00 e. The average Bonchev–Trinajstić information content (AvgIpc) is 3.73. The minimum Gasteiger partial charge on any atom is -1.00 e. The van der Waals surface area contributed by atoms with Gasteiger partial charge in [0.25, 0.3) is 0 Å². The Hall–Kier alpha value is -3.17. The molecule has 52 heavy (non-hydrogen) atoms. The van der Waals surface area contributed by atoms with E-state index < -0.39 is 11.7 Å². The standard InChI is InChI=1S/C25H25.C13H13.C8H5F3.2ClH.Zr/c1-14-12-24(3,4)22-8-16-7-17-9-23-19(15(2)13-25(23,5)6)11-21(17)20(16)10-18(14)22;1-10-8-11(2)13(9-10)12-6-4-3-5-7-12;1-6-2-4-7(5-3-6)8(9,10)11;;;/h8-12H,7H2,1-6H3;3-9H,1-2H3;1-5H;2*1H;/q2*-1;;;;+2/p-2. The molecule has 0 unspecified atom stereocenters. The second-order valence-electron chi connectivity index (χ2n) is 15.0. The zero-order chi connectivity index (χ0) is 36.2. The maximum absolute atomic E-state index is 12.0. The molecule has 3 aliphatic rings. The van der Waals surface area contributed by atoms with Gasteiger partial charge in [-0.1, -0.05) is 108 Å². The van der Waals surface area contributed by atoms with Crippen molar-refractivity contribution in [3.63, 3.8) is 0 Å². The van der Waals surface area contributed by atoms with Crippen LogP contribution in [0, 0.1) is 19.9 Å². The molecule has 5 aromatic carbocycles. The Bertz CT molecular complexity index is 2080. The van der Waals surface area contributed by atoms with Crippen LogP contribution < -0.4 is 24.8 Å². The molecule has 0 nitrogen and oxygen atoms in total. The Kier molecular flexibility index (Phi) is 12.5. The minimum atomic E-state index is -4.22. The molecule has 5 aromatic rings. The zero-order valence-corrected chi connectivity index (χ0v) is 34.9. The molecule has 0 N–H and O–H groups in total. The van der Waals surface area contributed by atoms with E-state index in [-0.39, 0.29) is 35.6 Å². The van der Waals surface area contributed by atoms with Crippen LogP contribution in [0.15, 0.2) is 97.1 Å². The van der Waals surface area contributed by atoms with Crippen molar-refractivity contribution >= 4 is 14.9 Å². The molecule has 268 valence electrons. The molecule has 0 bridgehead atoms. The normalized spacial score (nSPS) is 15.1. The van der Waals surface area contributed by atoms with Gasteiger partial charge in [0.05, 0.1) is 0 Å². The van der Waals surface area contributed by atoms with Gasteiger partial charge in [-0.15, -0.1) is 11.6 Å². The zero-order valence-electron chi connectivity index (χ0n) is 30.9. The third kappa shape index (κ3) is 8.31. The molecule has 0 saturated heterocycles. The summed E-state index contributed by atoms with van der Waals surface area (Å²) in [6.07, 6.45) is 2.91. The van der Waals surface area contributed by atoms with Crippen molar-refractivity contribution in [2.75, 3.05) is 0 Å². The summed E-state index contributed by atoms with van der Waals surface area (Å²) in [6, 6.07) is 29.9. The monoisotopic (exact) mass is 812 g/mol. The van der Waals surface area contributed by atoms with Crippen molar-refractivity contribution in [1.82, 2.24) is 0 Å². The van der Waals surface area contributed by atoms with E-state index >= 15 is 0 Å². The van der Waals surface area contributed by atoms with Crippen LogP contribution in [0.5, 0.6) is 0 Å². The number of alkyl halides is 3. The Morgan fingerprint density at radius 1 is 0.712 bits per heavy atom. The number of fused-ring (bicyclic) bond motifs is 5. The van der Waals surface area contributed by atoms with E-state index in [9.17, 15) is 13.2 Å². The molecule has 0 fully saturated rings. The first kappa shape index (κ1) is 41.6. The topological polar surface area (TPSA) is 0 Å². The summed E-state index contributed by atoms with van der Waals surface area (Å²) in [5.74, 6) is 0. The third-order valence-corrected chi connectivity index (χ3v) is 11.0. The van der Waals surface area contributed by atoms with Gasteiger partial charge in [-0.2, -0.15) is 28.3 Å². The largest absolute Gasteiger partial charge is 1.00 e. The first-order valence-electron chi connectivity index (χ1n) is 17.1. The van der Waals surface area contributed by atoms with Gasteiger partial charge in [-0.05, 0) is 58.4 Å². The van der Waals surface area contributed by atoms with Gasteiger partial charge in [-0.25, -0.2) is 11.6 Å². The van der Waals surface area contributed by atoms with Crippen molar-refractivity contribution in [2.24, 2.45) is 0 Å². The molecule has 0 saturated carbocycles. The van der Waals surface area contributed by atoms with Crippen molar-refractivity contribution in [3.05, 3.63) is 159 Å². The fourth-order valence-corrected chi connectivity index (χ4v) is 8.25. The smallest absolute Gasteiger partial charge is 1.00 e. The predicted octanol–water partition coefficient (Wildman–Crippen LogP) is 6.55. The summed E-state index contributed by atoms with van der Waals surface area (Å²) in [6.45, 7) is 18.0. The number of hydrogen-bond donors (Lipinski definition) is 0. The number of benzene rings is 4. The number of halogens is 5. The molecule has 0 radical (unpaired) electrons.